The molecule has 0 radical (unpaired) electrons. The maximum atomic E-state index is 13.2. The van der Waals surface area contributed by atoms with Crippen LogP contribution >= 0.6 is 23.2 Å². The Bertz CT molecular complexity index is 574. The largest absolute Gasteiger partial charge is 0.475 e. The normalized spacial score (nSPS) is 10.5. The van der Waals surface area contributed by atoms with Gasteiger partial charge in [-0.15, -0.1) is 0 Å². The maximum Gasteiger partial charge on any atom is 0.374 e. The van der Waals surface area contributed by atoms with Crippen LogP contribution in [0.5, 0.6) is 0 Å². The van der Waals surface area contributed by atoms with Crippen molar-refractivity contribution in [2.75, 3.05) is 0 Å². The molecule has 88 valence electrons. The molecule has 2 aromatic rings. The van der Waals surface area contributed by atoms with Crippen LogP contribution in [0.3, 0.4) is 0 Å². The molecule has 4 nitrogen and oxygen atoms in total. The molecule has 0 saturated carbocycles. The summed E-state index contributed by atoms with van der Waals surface area (Å²) in [5, 5.41) is 11.8. The monoisotopic (exact) mass is 275 g/mol. The van der Waals surface area contributed by atoms with Gasteiger partial charge < -0.3 is 9.63 Å². The average molecular weight is 276 g/mol. The molecule has 17 heavy (non-hydrogen) atoms. The number of carboxylic acids is 1. The van der Waals surface area contributed by atoms with E-state index in [1.807, 2.05) is 0 Å². The van der Waals surface area contributed by atoms with Gasteiger partial charge in [-0.2, -0.15) is 0 Å². The van der Waals surface area contributed by atoms with Gasteiger partial charge in [0.2, 0.25) is 5.76 Å². The molecule has 0 aliphatic carbocycles. The number of carboxylic acid groups (broad SMARTS) is 1. The summed E-state index contributed by atoms with van der Waals surface area (Å²) in [4.78, 5) is 10.6. The van der Waals surface area contributed by atoms with Crippen LogP contribution in [0, 0.1) is 5.82 Å². The minimum Gasteiger partial charge on any atom is -0.475 e. The molecule has 0 spiro atoms. The van der Waals surface area contributed by atoms with Crippen molar-refractivity contribution in [3.05, 3.63) is 39.8 Å². The molecule has 0 fully saturated rings. The molecule has 0 aliphatic rings. The molecule has 0 atom stereocenters. The number of nitrogens with zero attached hydrogens (tertiary/aromatic N) is 1. The van der Waals surface area contributed by atoms with E-state index in [0.29, 0.717) is 5.56 Å². The van der Waals surface area contributed by atoms with Crippen LogP contribution in [0.25, 0.3) is 11.3 Å². The second-order valence-electron chi connectivity index (χ2n) is 3.14. The molecule has 0 saturated heterocycles. The van der Waals surface area contributed by atoms with Gasteiger partial charge >= 0.3 is 5.97 Å². The van der Waals surface area contributed by atoms with E-state index in [4.69, 9.17) is 28.3 Å². The number of benzene rings is 1. The first-order chi connectivity index (χ1) is 7.99. The number of aromatic nitrogens is 1. The minimum absolute atomic E-state index is 0.174. The molecular weight excluding hydrogens is 272 g/mol. The highest BCUT2D eigenvalue weighted by molar-refractivity contribution is 6.35. The van der Waals surface area contributed by atoms with E-state index in [1.54, 1.807) is 0 Å². The van der Waals surface area contributed by atoms with E-state index in [1.165, 1.54) is 18.2 Å². The lowest BCUT2D eigenvalue weighted by Gasteiger charge is -2.00. The Labute approximate surface area is 105 Å². The summed E-state index contributed by atoms with van der Waals surface area (Å²) in [6.07, 6.45) is 0. The number of hydrogen-bond acceptors (Lipinski definition) is 3. The summed E-state index contributed by atoms with van der Waals surface area (Å²) in [7, 11) is 0. The van der Waals surface area contributed by atoms with Crippen molar-refractivity contribution in [2.45, 2.75) is 0 Å². The van der Waals surface area contributed by atoms with Crippen LogP contribution in [0.4, 0.5) is 4.39 Å². The van der Waals surface area contributed by atoms with Gasteiger partial charge in [-0.05, 0) is 12.1 Å². The minimum atomic E-state index is -1.25. The Morgan fingerprint density at radius 2 is 1.88 bits per heavy atom. The standard InChI is InChI=1S/C10H4Cl2FNO3/c11-5-1-4(2-6(12)9(5)13)7-3-8(10(15)16)17-14-7/h1-3H,(H,15,16). The van der Waals surface area contributed by atoms with Gasteiger partial charge in [0.15, 0.2) is 5.82 Å². The van der Waals surface area contributed by atoms with Crippen molar-refractivity contribution in [1.82, 2.24) is 5.16 Å². The molecule has 0 amide bonds. The summed E-state index contributed by atoms with van der Waals surface area (Å²) in [5.74, 6) is -2.31. The van der Waals surface area contributed by atoms with E-state index >= 15 is 0 Å². The molecule has 1 heterocycles. The van der Waals surface area contributed by atoms with Crippen molar-refractivity contribution in [2.24, 2.45) is 0 Å². The third-order valence-corrected chi connectivity index (χ3v) is 2.55. The Kier molecular flexibility index (Phi) is 3.04. The Hall–Kier alpha value is -1.59. The number of aromatic carboxylic acids is 1. The van der Waals surface area contributed by atoms with Crippen LogP contribution in [0.15, 0.2) is 22.7 Å². The van der Waals surface area contributed by atoms with E-state index < -0.39 is 11.8 Å². The highest BCUT2D eigenvalue weighted by Crippen LogP contribution is 2.30. The van der Waals surface area contributed by atoms with Gasteiger partial charge in [-0.3, -0.25) is 0 Å². The third-order valence-electron chi connectivity index (χ3n) is 2.00. The van der Waals surface area contributed by atoms with Crippen molar-refractivity contribution < 1.29 is 18.8 Å². The summed E-state index contributed by atoms with van der Waals surface area (Å²) >= 11 is 11.2. The quantitative estimate of drug-likeness (QED) is 0.853. The first-order valence-electron chi connectivity index (χ1n) is 4.34. The van der Waals surface area contributed by atoms with Crippen molar-refractivity contribution >= 4 is 29.2 Å². The summed E-state index contributed by atoms with van der Waals surface area (Å²) in [5.41, 5.74) is 0.587. The number of rotatable bonds is 2. The SMILES string of the molecule is O=C(O)c1cc(-c2cc(Cl)c(F)c(Cl)c2)no1. The van der Waals surface area contributed by atoms with Crippen molar-refractivity contribution in [3.8, 4) is 11.3 Å². The van der Waals surface area contributed by atoms with Crippen LogP contribution in [-0.4, -0.2) is 16.2 Å². The van der Waals surface area contributed by atoms with Crippen LogP contribution < -0.4 is 0 Å². The lowest BCUT2D eigenvalue weighted by atomic mass is 10.1. The fourth-order valence-electron chi connectivity index (χ4n) is 1.22. The Morgan fingerprint density at radius 1 is 1.29 bits per heavy atom. The maximum absolute atomic E-state index is 13.2. The van der Waals surface area contributed by atoms with E-state index in [0.717, 1.165) is 0 Å². The Morgan fingerprint density at radius 3 is 2.35 bits per heavy atom. The number of carbonyl (C=O) groups is 1. The highest BCUT2D eigenvalue weighted by atomic mass is 35.5. The second-order valence-corrected chi connectivity index (χ2v) is 3.95. The zero-order valence-corrected chi connectivity index (χ0v) is 9.59. The molecule has 1 aromatic carbocycles. The van der Waals surface area contributed by atoms with E-state index in [2.05, 4.69) is 9.68 Å². The van der Waals surface area contributed by atoms with Crippen molar-refractivity contribution in [3.63, 3.8) is 0 Å². The third kappa shape index (κ3) is 2.25. The molecule has 1 N–H and O–H groups in total. The van der Waals surface area contributed by atoms with Gasteiger partial charge in [0, 0.05) is 11.6 Å². The lowest BCUT2D eigenvalue weighted by Crippen LogP contribution is -1.91. The second kappa shape index (κ2) is 4.35. The van der Waals surface area contributed by atoms with Crippen molar-refractivity contribution in [1.29, 1.82) is 0 Å². The summed E-state index contributed by atoms with van der Waals surface area (Å²) in [6, 6.07) is 3.76. The van der Waals surface area contributed by atoms with E-state index in [9.17, 15) is 9.18 Å². The molecule has 0 unspecified atom stereocenters. The molecule has 0 bridgehead atoms. The zero-order valence-electron chi connectivity index (χ0n) is 8.08. The number of hydrogen-bond donors (Lipinski definition) is 1. The predicted octanol–water partition coefficient (Wildman–Crippen LogP) is 3.49. The van der Waals surface area contributed by atoms with Gasteiger partial charge in [-0.1, -0.05) is 28.4 Å². The van der Waals surface area contributed by atoms with Crippen LogP contribution in [0.2, 0.25) is 10.0 Å². The average Bonchev–Trinajstić information content (AvgIpc) is 2.74. The molecule has 7 heteroatoms. The predicted molar refractivity (Wildman–Crippen MR) is 58.9 cm³/mol. The number of halogens is 3. The van der Waals surface area contributed by atoms with E-state index in [-0.39, 0.29) is 21.5 Å². The Balaban J connectivity index is 2.49. The molecule has 2 rings (SSSR count). The lowest BCUT2D eigenvalue weighted by molar-refractivity contribution is 0.0652. The van der Waals surface area contributed by atoms with Gasteiger partial charge in [0.1, 0.15) is 5.69 Å². The first-order valence-corrected chi connectivity index (χ1v) is 5.09. The van der Waals surface area contributed by atoms with Gasteiger partial charge in [-0.25, -0.2) is 9.18 Å². The van der Waals surface area contributed by atoms with Crippen LogP contribution in [-0.2, 0) is 0 Å². The summed E-state index contributed by atoms with van der Waals surface area (Å²) < 4.78 is 17.7. The fourth-order valence-corrected chi connectivity index (χ4v) is 1.70. The van der Waals surface area contributed by atoms with Crippen LogP contribution in [0.1, 0.15) is 10.6 Å². The molecule has 0 aliphatic heterocycles. The first kappa shape index (κ1) is 11.9. The topological polar surface area (TPSA) is 63.3 Å². The molecular formula is C10H4Cl2FNO3. The highest BCUT2D eigenvalue weighted by Gasteiger charge is 2.15. The summed E-state index contributed by atoms with van der Waals surface area (Å²) in [6.45, 7) is 0. The van der Waals surface area contributed by atoms with Gasteiger partial charge in [0.25, 0.3) is 0 Å². The zero-order chi connectivity index (χ0) is 12.6. The fraction of sp³-hybridized carbons (Fsp3) is 0. The van der Waals surface area contributed by atoms with Gasteiger partial charge in [0.05, 0.1) is 10.0 Å². The smallest absolute Gasteiger partial charge is 0.374 e. The molecule has 1 aromatic heterocycles.